The molecule has 4 heteroatoms. The van der Waals surface area contributed by atoms with E-state index in [9.17, 15) is 0 Å². The van der Waals surface area contributed by atoms with Gasteiger partial charge < -0.3 is 10.3 Å². The Hall–Kier alpha value is -1.58. The zero-order chi connectivity index (χ0) is 6.97. The van der Waals surface area contributed by atoms with Crippen molar-refractivity contribution in [2.45, 2.75) is 0 Å². The van der Waals surface area contributed by atoms with E-state index in [4.69, 9.17) is 10.3 Å². The minimum atomic E-state index is 0.523. The van der Waals surface area contributed by atoms with Crippen LogP contribution in [0.4, 0.5) is 5.69 Å². The van der Waals surface area contributed by atoms with Crippen molar-refractivity contribution in [1.82, 2.24) is 10.1 Å². The second-order valence-corrected chi connectivity index (χ2v) is 1.97. The van der Waals surface area contributed by atoms with Gasteiger partial charge in [-0.15, -0.1) is 0 Å². The van der Waals surface area contributed by atoms with Gasteiger partial charge in [-0.25, -0.2) is 0 Å². The number of pyridine rings is 1. The molecule has 0 atom stereocenters. The number of rotatable bonds is 0. The Morgan fingerprint density at radius 1 is 1.30 bits per heavy atom. The number of hydrogen-bond donors (Lipinski definition) is 1. The van der Waals surface area contributed by atoms with Crippen LogP contribution in [0.3, 0.4) is 0 Å². The molecule has 10 heavy (non-hydrogen) atoms. The zero-order valence-electron chi connectivity index (χ0n) is 5.11. The Labute approximate surface area is 56.6 Å². The first-order chi connectivity index (χ1) is 4.88. The van der Waals surface area contributed by atoms with Crippen molar-refractivity contribution in [3.8, 4) is 0 Å². The van der Waals surface area contributed by atoms with Gasteiger partial charge in [-0.2, -0.15) is 0 Å². The van der Waals surface area contributed by atoms with Crippen molar-refractivity contribution in [1.29, 1.82) is 0 Å². The van der Waals surface area contributed by atoms with E-state index in [1.807, 2.05) is 0 Å². The summed E-state index contributed by atoms with van der Waals surface area (Å²) in [5.41, 5.74) is 6.63. The number of nitrogens with two attached hydrogens (primary N) is 1. The molecule has 0 aliphatic carbocycles. The monoisotopic (exact) mass is 135 g/mol. The van der Waals surface area contributed by atoms with Gasteiger partial charge in [0, 0.05) is 6.20 Å². The minimum absolute atomic E-state index is 0.523. The molecule has 0 aromatic carbocycles. The fraction of sp³-hybridized carbons (Fsp3) is 0. The van der Waals surface area contributed by atoms with Crippen LogP contribution in [0.2, 0.25) is 0 Å². The molecule has 50 valence electrons. The number of nitrogens with zero attached hydrogens (tertiary/aromatic N) is 2. The molecule has 2 N–H and O–H groups in total. The van der Waals surface area contributed by atoms with Crippen LogP contribution < -0.4 is 5.73 Å². The number of anilines is 1. The summed E-state index contributed by atoms with van der Waals surface area (Å²) in [5.74, 6) is 0. The first-order valence-corrected chi connectivity index (χ1v) is 2.82. The SMILES string of the molecule is Nc1cncc2cnoc12. The fourth-order valence-corrected chi connectivity index (χ4v) is 0.815. The van der Waals surface area contributed by atoms with Crippen molar-refractivity contribution < 1.29 is 4.52 Å². The van der Waals surface area contributed by atoms with Crippen molar-refractivity contribution in [3.63, 3.8) is 0 Å². The maximum absolute atomic E-state index is 5.50. The maximum atomic E-state index is 5.50. The Bertz CT molecular complexity index is 355. The molecule has 0 spiro atoms. The lowest BCUT2D eigenvalue weighted by Crippen LogP contribution is -1.85. The number of nitrogen functional groups attached to an aromatic ring is 1. The lowest BCUT2D eigenvalue weighted by atomic mass is 10.3. The van der Waals surface area contributed by atoms with Gasteiger partial charge in [0.15, 0.2) is 5.58 Å². The molecular formula is C6H5N3O. The molecule has 2 rings (SSSR count). The van der Waals surface area contributed by atoms with E-state index < -0.39 is 0 Å². The van der Waals surface area contributed by atoms with Crippen molar-refractivity contribution in [3.05, 3.63) is 18.6 Å². The van der Waals surface area contributed by atoms with Crippen LogP contribution in [0.15, 0.2) is 23.1 Å². The molecule has 0 aliphatic rings. The Morgan fingerprint density at radius 3 is 3.00 bits per heavy atom. The summed E-state index contributed by atoms with van der Waals surface area (Å²) in [6.07, 6.45) is 4.77. The predicted molar refractivity (Wildman–Crippen MR) is 36.2 cm³/mol. The highest BCUT2D eigenvalue weighted by Crippen LogP contribution is 2.17. The highest BCUT2D eigenvalue weighted by atomic mass is 16.5. The lowest BCUT2D eigenvalue weighted by molar-refractivity contribution is 0.457. The first kappa shape index (κ1) is 5.22. The Kier molecular flexibility index (Phi) is 0.887. The summed E-state index contributed by atoms with van der Waals surface area (Å²) >= 11 is 0. The van der Waals surface area contributed by atoms with E-state index in [1.54, 1.807) is 12.4 Å². The molecule has 0 saturated heterocycles. The quantitative estimate of drug-likeness (QED) is 0.580. The maximum Gasteiger partial charge on any atom is 0.192 e. The second kappa shape index (κ2) is 1.70. The van der Waals surface area contributed by atoms with Gasteiger partial charge in [0.2, 0.25) is 0 Å². The average molecular weight is 135 g/mol. The van der Waals surface area contributed by atoms with E-state index in [1.165, 1.54) is 6.20 Å². The highest BCUT2D eigenvalue weighted by molar-refractivity contribution is 5.85. The molecular weight excluding hydrogens is 130 g/mol. The summed E-state index contributed by atoms with van der Waals surface area (Å²) in [4.78, 5) is 3.86. The van der Waals surface area contributed by atoms with Crippen molar-refractivity contribution in [2.24, 2.45) is 0 Å². The number of hydrogen-bond acceptors (Lipinski definition) is 4. The minimum Gasteiger partial charge on any atom is -0.394 e. The van der Waals surface area contributed by atoms with Crippen LogP contribution in [0.25, 0.3) is 11.0 Å². The van der Waals surface area contributed by atoms with Gasteiger partial charge in [-0.3, -0.25) is 4.98 Å². The fourth-order valence-electron chi connectivity index (χ4n) is 0.815. The van der Waals surface area contributed by atoms with Crippen molar-refractivity contribution >= 4 is 16.7 Å². The Morgan fingerprint density at radius 2 is 2.20 bits per heavy atom. The van der Waals surface area contributed by atoms with E-state index in [2.05, 4.69) is 10.1 Å². The lowest BCUT2D eigenvalue weighted by Gasteiger charge is -1.88. The van der Waals surface area contributed by atoms with Gasteiger partial charge in [-0.1, -0.05) is 5.16 Å². The molecule has 0 saturated carbocycles. The highest BCUT2D eigenvalue weighted by Gasteiger charge is 2.00. The average Bonchev–Trinajstić information content (AvgIpc) is 2.36. The smallest absolute Gasteiger partial charge is 0.192 e. The van der Waals surface area contributed by atoms with Crippen LogP contribution in [-0.2, 0) is 0 Å². The molecule has 0 radical (unpaired) electrons. The molecule has 2 heterocycles. The van der Waals surface area contributed by atoms with E-state index >= 15 is 0 Å². The summed E-state index contributed by atoms with van der Waals surface area (Å²) in [5, 5.41) is 4.40. The van der Waals surface area contributed by atoms with Crippen LogP contribution in [0.5, 0.6) is 0 Å². The molecule has 0 fully saturated rings. The summed E-state index contributed by atoms with van der Waals surface area (Å²) in [7, 11) is 0. The summed E-state index contributed by atoms with van der Waals surface area (Å²) in [6.45, 7) is 0. The molecule has 2 aromatic rings. The van der Waals surface area contributed by atoms with E-state index in [0.717, 1.165) is 5.39 Å². The third kappa shape index (κ3) is 0.556. The molecule has 4 nitrogen and oxygen atoms in total. The second-order valence-electron chi connectivity index (χ2n) is 1.97. The van der Waals surface area contributed by atoms with Crippen LogP contribution in [0, 0.1) is 0 Å². The number of aromatic nitrogens is 2. The molecule has 2 aromatic heterocycles. The van der Waals surface area contributed by atoms with Gasteiger partial charge in [0.1, 0.15) is 0 Å². The van der Waals surface area contributed by atoms with Crippen LogP contribution in [0.1, 0.15) is 0 Å². The van der Waals surface area contributed by atoms with Crippen LogP contribution in [-0.4, -0.2) is 10.1 Å². The molecule has 0 aliphatic heterocycles. The van der Waals surface area contributed by atoms with Gasteiger partial charge in [0.25, 0.3) is 0 Å². The Balaban J connectivity index is 2.95. The third-order valence-corrected chi connectivity index (χ3v) is 1.29. The third-order valence-electron chi connectivity index (χ3n) is 1.29. The van der Waals surface area contributed by atoms with E-state index in [-0.39, 0.29) is 0 Å². The standard InChI is InChI=1S/C6H5N3O/c7-5-3-8-1-4-2-9-10-6(4)5/h1-3H,7H2. The van der Waals surface area contributed by atoms with Crippen molar-refractivity contribution in [2.75, 3.05) is 5.73 Å². The summed E-state index contributed by atoms with van der Waals surface area (Å²) in [6, 6.07) is 0. The summed E-state index contributed by atoms with van der Waals surface area (Å²) < 4.78 is 4.83. The normalized spacial score (nSPS) is 10.4. The van der Waals surface area contributed by atoms with Gasteiger partial charge >= 0.3 is 0 Å². The molecule has 0 bridgehead atoms. The topological polar surface area (TPSA) is 64.9 Å². The zero-order valence-corrected chi connectivity index (χ0v) is 5.11. The molecule has 0 unspecified atom stereocenters. The number of fused-ring (bicyclic) bond motifs is 1. The first-order valence-electron chi connectivity index (χ1n) is 2.82. The van der Waals surface area contributed by atoms with E-state index in [0.29, 0.717) is 11.3 Å². The van der Waals surface area contributed by atoms with Crippen LogP contribution >= 0.6 is 0 Å². The van der Waals surface area contributed by atoms with Gasteiger partial charge in [0.05, 0.1) is 23.5 Å². The van der Waals surface area contributed by atoms with Gasteiger partial charge in [-0.05, 0) is 0 Å². The predicted octanol–water partition coefficient (Wildman–Crippen LogP) is 0.805. The molecule has 0 amide bonds. The largest absolute Gasteiger partial charge is 0.394 e.